The lowest BCUT2D eigenvalue weighted by atomic mass is 10.1. The van der Waals surface area contributed by atoms with E-state index in [9.17, 15) is 0 Å². The van der Waals surface area contributed by atoms with Gasteiger partial charge < -0.3 is 125 Å². The van der Waals surface area contributed by atoms with E-state index >= 15 is 0 Å². The normalized spacial score (nSPS) is 12.4. The number of quaternary nitrogens is 3. The second-order valence-corrected chi connectivity index (χ2v) is 32.9. The predicted molar refractivity (Wildman–Crippen MR) is 463 cm³/mol. The summed E-state index contributed by atoms with van der Waals surface area (Å²) in [5.41, 5.74) is 19.4. The third-order valence-electron chi connectivity index (χ3n) is 20.1. The van der Waals surface area contributed by atoms with Gasteiger partial charge in [0.15, 0.2) is 0 Å². The van der Waals surface area contributed by atoms with E-state index < -0.39 is 0 Å². The first-order valence-corrected chi connectivity index (χ1v) is 39.3. The van der Waals surface area contributed by atoms with Crippen molar-refractivity contribution < 1.29 is 64.9 Å². The number of nitrogens with one attached hydrogen (secondary N) is 12. The van der Waals surface area contributed by atoms with E-state index in [1.165, 1.54) is 0 Å². The molecule has 12 aromatic heterocycles. The van der Waals surface area contributed by atoms with Gasteiger partial charge in [0.2, 0.25) is 0 Å². The van der Waals surface area contributed by atoms with Crippen LogP contribution in [-0.2, 0) is 0 Å². The molecule has 21 heteroatoms. The van der Waals surface area contributed by atoms with Crippen LogP contribution in [0.5, 0.6) is 17.2 Å². The monoisotopic (exact) mass is 1620 g/mol. The molecule has 0 unspecified atom stereocenters. The molecule has 12 N–H and O–H groups in total. The van der Waals surface area contributed by atoms with Crippen molar-refractivity contribution in [1.82, 2.24) is 59.8 Å². The standard InChI is InChI=1S/3C32H34N5O.3ClH/c3*1-37(2,3)15-4-16-38-30-13-5-22(6-14-30)31-20-29-19-27-10-9-25(34-27)17-23-7-8-24(33-23)18-26-11-12-28(35-26)21-32(31)36-29;;;/h3*5-14,17-21,33-36H,4,15-16H2,1-3H3;3*1H/q3*+1;;;/p-3. The predicted octanol–water partition coefficient (Wildman–Crippen LogP) is -0.679. The van der Waals surface area contributed by atoms with E-state index in [4.69, 9.17) is 14.2 Å². The van der Waals surface area contributed by atoms with Crippen LogP contribution in [0.1, 0.15) is 87.6 Å². The van der Waals surface area contributed by atoms with E-state index in [-0.39, 0.29) is 37.2 Å². The van der Waals surface area contributed by atoms with Crippen molar-refractivity contribution in [1.29, 1.82) is 0 Å². The number of halogens is 3. The molecular formula is C96H102Cl3N15O3. The smallest absolute Gasteiger partial charge is 0.119 e. The van der Waals surface area contributed by atoms with Crippen molar-refractivity contribution in [2.24, 2.45) is 0 Å². The maximum absolute atomic E-state index is 6.01. The molecule has 117 heavy (non-hydrogen) atoms. The van der Waals surface area contributed by atoms with Crippen molar-refractivity contribution in [2.75, 3.05) is 103 Å². The SMILES string of the molecule is C[N+](C)(C)CCCOc1ccc(-c2cc3[nH]c2=Cc2ccc([nH]2)C=c2ccc([nH]2)=Cc2ccc([nH]2)C=3)cc1.C[N+](C)(C)CCCOc1ccc(-c2cc3[nH]c2=Cc2ccc([nH]2)C=c2ccc([nH]2)=Cc2ccc([nH]2)C=3)cc1.C[N+](C)(C)CCCOc1ccc(-c2cc3[nH]c2=Cc2ccc([nH]2)C=c2ccc([nH]2)=Cc2ccc([nH]2)C=3)cc1.[Cl-].[Cl-].[Cl-]. The van der Waals surface area contributed by atoms with Crippen molar-refractivity contribution in [2.45, 2.75) is 19.3 Å². The lowest BCUT2D eigenvalue weighted by Crippen LogP contribution is -3.00. The molecule has 15 aromatic rings. The summed E-state index contributed by atoms with van der Waals surface area (Å²) in [5.74, 6) is 2.71. The average Bonchev–Trinajstić information content (AvgIpc) is 1.65. The molecule has 0 radical (unpaired) electrons. The molecule has 0 fully saturated rings. The molecule has 0 spiro atoms. The highest BCUT2D eigenvalue weighted by Crippen LogP contribution is 2.24. The number of fused-ring (bicyclic) bond motifs is 24. The van der Waals surface area contributed by atoms with Gasteiger partial charge in [-0.15, -0.1) is 0 Å². The summed E-state index contributed by atoms with van der Waals surface area (Å²) < 4.78 is 20.9. The van der Waals surface area contributed by atoms with Gasteiger partial charge in [-0.25, -0.2) is 0 Å². The highest BCUT2D eigenvalue weighted by Gasteiger charge is 2.14. The van der Waals surface area contributed by atoms with Crippen LogP contribution in [0, 0.1) is 0 Å². The topological polar surface area (TPSA) is 217 Å². The number of hydrogen-bond acceptors (Lipinski definition) is 3. The van der Waals surface area contributed by atoms with Gasteiger partial charge in [-0.1, -0.05) is 36.4 Å². The van der Waals surface area contributed by atoms with Crippen molar-refractivity contribution in [3.8, 4) is 50.6 Å². The van der Waals surface area contributed by atoms with Crippen molar-refractivity contribution in [3.63, 3.8) is 0 Å². The number of aromatic nitrogens is 12. The molecule has 600 valence electrons. The van der Waals surface area contributed by atoms with Crippen LogP contribution in [0.25, 0.3) is 106 Å². The van der Waals surface area contributed by atoms with Crippen LogP contribution >= 0.6 is 0 Å². The number of H-pyrrole nitrogens is 12. The highest BCUT2D eigenvalue weighted by atomic mass is 35.5. The van der Waals surface area contributed by atoms with E-state index in [0.29, 0.717) is 0 Å². The van der Waals surface area contributed by atoms with Gasteiger partial charge in [-0.3, -0.25) is 0 Å². The minimum atomic E-state index is 0. The number of ether oxygens (including phenoxy) is 3. The molecule has 0 atom stereocenters. The zero-order valence-electron chi connectivity index (χ0n) is 67.5. The summed E-state index contributed by atoms with van der Waals surface area (Å²) in [6.45, 7) is 5.44. The summed E-state index contributed by atoms with van der Waals surface area (Å²) in [4.78, 5) is 42.3. The van der Waals surface area contributed by atoms with Crippen LogP contribution in [0.4, 0.5) is 0 Å². The van der Waals surface area contributed by atoms with Crippen molar-refractivity contribution >= 4 is 72.9 Å². The number of nitrogens with zero attached hydrogens (tertiary/aromatic N) is 3. The molecule has 3 aliphatic rings. The number of rotatable bonds is 18. The molecule has 0 amide bonds. The lowest BCUT2D eigenvalue weighted by Gasteiger charge is -2.23. The van der Waals surface area contributed by atoms with Gasteiger partial charge in [0, 0.05) is 168 Å². The fraction of sp³-hybridized carbons (Fsp3) is 0.188. The van der Waals surface area contributed by atoms with Gasteiger partial charge in [0.25, 0.3) is 0 Å². The summed E-state index contributed by atoms with van der Waals surface area (Å²) in [5, 5.41) is 12.6. The quantitative estimate of drug-likeness (QED) is 0.0398. The third-order valence-corrected chi connectivity index (χ3v) is 20.1. The minimum absolute atomic E-state index is 0. The Kier molecular flexibility index (Phi) is 25.5. The van der Waals surface area contributed by atoms with Crippen molar-refractivity contribution in [3.05, 3.63) is 333 Å². The van der Waals surface area contributed by atoms with Crippen LogP contribution in [0.15, 0.2) is 200 Å². The van der Waals surface area contributed by atoms with Gasteiger partial charge in [0.1, 0.15) is 17.2 Å². The molecule has 24 bridgehead atoms. The fourth-order valence-electron chi connectivity index (χ4n) is 14.5. The summed E-state index contributed by atoms with van der Waals surface area (Å²) in [6, 6.07) is 69.6. The van der Waals surface area contributed by atoms with Gasteiger partial charge in [0.05, 0.1) is 103 Å². The Bertz CT molecular complexity index is 6070. The first kappa shape index (κ1) is 82.6. The molecular weight excluding hydrogens is 1520 g/mol. The van der Waals surface area contributed by atoms with Gasteiger partial charge in [-0.2, -0.15) is 0 Å². The molecule has 0 saturated heterocycles. The fourth-order valence-corrected chi connectivity index (χ4v) is 14.5. The van der Waals surface area contributed by atoms with Gasteiger partial charge in [-0.05, 0) is 253 Å². The van der Waals surface area contributed by atoms with Crippen LogP contribution < -0.4 is 116 Å². The second-order valence-electron chi connectivity index (χ2n) is 32.9. The van der Waals surface area contributed by atoms with E-state index in [1.807, 2.05) is 0 Å². The van der Waals surface area contributed by atoms with Gasteiger partial charge >= 0.3 is 0 Å². The Labute approximate surface area is 698 Å². The maximum Gasteiger partial charge on any atom is 0.119 e. The highest BCUT2D eigenvalue weighted by molar-refractivity contribution is 5.72. The lowest BCUT2D eigenvalue weighted by molar-refractivity contribution is -0.870. The maximum atomic E-state index is 6.01. The zero-order chi connectivity index (χ0) is 78.3. The molecule has 3 aliphatic heterocycles. The summed E-state index contributed by atoms with van der Waals surface area (Å²) in [6.07, 6.45) is 28.7. The largest absolute Gasteiger partial charge is 1.00 e. The Morgan fingerprint density at radius 3 is 0.590 bits per heavy atom. The molecule has 18 nitrogen and oxygen atoms in total. The third kappa shape index (κ3) is 22.4. The van der Waals surface area contributed by atoms with Crippen LogP contribution in [-0.4, -0.2) is 176 Å². The number of hydrogen-bond donors (Lipinski definition) is 12. The molecule has 0 saturated carbocycles. The molecule has 18 rings (SSSR count). The van der Waals surface area contributed by atoms with E-state index in [2.05, 4.69) is 396 Å². The molecule has 3 aromatic carbocycles. The second kappa shape index (κ2) is 36.2. The Morgan fingerprint density at radius 1 is 0.205 bits per heavy atom. The van der Waals surface area contributed by atoms with Crippen LogP contribution in [0.2, 0.25) is 0 Å². The van der Waals surface area contributed by atoms with E-state index in [1.54, 1.807) is 0 Å². The summed E-state index contributed by atoms with van der Waals surface area (Å²) >= 11 is 0. The number of aromatic amines is 12. The average molecular weight is 1620 g/mol. The first-order chi connectivity index (χ1) is 55.1. The Morgan fingerprint density at radius 2 is 0.393 bits per heavy atom. The first-order valence-electron chi connectivity index (χ1n) is 39.3. The molecule has 0 aliphatic carbocycles. The summed E-state index contributed by atoms with van der Waals surface area (Å²) in [7, 11) is 19.9. The number of benzene rings is 3. The van der Waals surface area contributed by atoms with E-state index in [0.717, 1.165) is 255 Å². The zero-order valence-corrected chi connectivity index (χ0v) is 69.8. The Balaban J connectivity index is 0.000000150. The minimum Gasteiger partial charge on any atom is -1.00 e. The molecule has 15 heterocycles. The Hall–Kier alpha value is -12.4. The van der Waals surface area contributed by atoms with Crippen LogP contribution in [0.3, 0.4) is 0 Å².